The fourth-order valence-corrected chi connectivity index (χ4v) is 3.76. The third-order valence-electron chi connectivity index (χ3n) is 4.27. The molecule has 2 aromatic heterocycles. The number of carbonyl (C=O) groups is 1. The monoisotopic (exact) mass is 373 g/mol. The third-order valence-corrected chi connectivity index (χ3v) is 5.13. The molecule has 4 nitrogen and oxygen atoms in total. The molecule has 0 aliphatic heterocycles. The summed E-state index contributed by atoms with van der Waals surface area (Å²) in [5, 5.41) is 5.94. The summed E-state index contributed by atoms with van der Waals surface area (Å²) >= 11 is 1.59. The zero-order valence-corrected chi connectivity index (χ0v) is 15.5. The highest BCUT2D eigenvalue weighted by atomic mass is 32.1. The number of nitrogens with one attached hydrogen (secondary N) is 1. The Morgan fingerprint density at radius 3 is 2.48 bits per heavy atom. The number of amides is 1. The molecular formula is C22H19N3OS. The largest absolute Gasteiger partial charge is 0.350 e. The SMILES string of the molecule is O=C(Cn1cccc1-c1nc(-c2ccccc2)cs1)NCc1ccccc1. The Morgan fingerprint density at radius 1 is 0.963 bits per heavy atom. The molecular weight excluding hydrogens is 354 g/mol. The molecule has 0 saturated heterocycles. The van der Waals surface area contributed by atoms with Gasteiger partial charge in [0.15, 0.2) is 0 Å². The van der Waals surface area contributed by atoms with Gasteiger partial charge in [0.25, 0.3) is 0 Å². The molecule has 1 N–H and O–H groups in total. The molecule has 27 heavy (non-hydrogen) atoms. The van der Waals surface area contributed by atoms with Crippen LogP contribution in [-0.4, -0.2) is 15.5 Å². The van der Waals surface area contributed by atoms with Crippen molar-refractivity contribution < 1.29 is 4.79 Å². The lowest BCUT2D eigenvalue weighted by atomic mass is 10.2. The number of carbonyl (C=O) groups excluding carboxylic acids is 1. The van der Waals surface area contributed by atoms with Gasteiger partial charge >= 0.3 is 0 Å². The molecule has 5 heteroatoms. The molecule has 0 radical (unpaired) electrons. The van der Waals surface area contributed by atoms with Crippen molar-refractivity contribution in [3.63, 3.8) is 0 Å². The smallest absolute Gasteiger partial charge is 0.240 e. The zero-order valence-electron chi connectivity index (χ0n) is 14.7. The first-order valence-electron chi connectivity index (χ1n) is 8.77. The molecule has 134 valence electrons. The van der Waals surface area contributed by atoms with Gasteiger partial charge in [-0.1, -0.05) is 60.7 Å². The first-order chi connectivity index (χ1) is 13.3. The van der Waals surface area contributed by atoms with Gasteiger partial charge < -0.3 is 9.88 Å². The van der Waals surface area contributed by atoms with Gasteiger partial charge in [-0.3, -0.25) is 4.79 Å². The molecule has 2 aromatic carbocycles. The van der Waals surface area contributed by atoms with Crippen LogP contribution in [0, 0.1) is 0 Å². The summed E-state index contributed by atoms with van der Waals surface area (Å²) in [6, 6.07) is 24.0. The van der Waals surface area contributed by atoms with Gasteiger partial charge in [0, 0.05) is 23.7 Å². The summed E-state index contributed by atoms with van der Waals surface area (Å²) in [6.07, 6.45) is 1.92. The van der Waals surface area contributed by atoms with Gasteiger partial charge in [0.2, 0.25) is 5.91 Å². The molecule has 4 aromatic rings. The van der Waals surface area contributed by atoms with Crippen LogP contribution in [-0.2, 0) is 17.9 Å². The van der Waals surface area contributed by atoms with Crippen molar-refractivity contribution in [2.24, 2.45) is 0 Å². The fraction of sp³-hybridized carbons (Fsp3) is 0.0909. The van der Waals surface area contributed by atoms with Crippen LogP contribution < -0.4 is 5.32 Å². The van der Waals surface area contributed by atoms with E-state index in [1.807, 2.05) is 71.4 Å². The van der Waals surface area contributed by atoms with Crippen molar-refractivity contribution in [1.29, 1.82) is 0 Å². The maximum absolute atomic E-state index is 12.3. The Labute approximate surface area is 162 Å². The third kappa shape index (κ3) is 4.15. The average Bonchev–Trinajstić information content (AvgIpc) is 3.37. The van der Waals surface area contributed by atoms with Crippen LogP contribution in [0.4, 0.5) is 0 Å². The lowest BCUT2D eigenvalue weighted by Gasteiger charge is -2.09. The summed E-state index contributed by atoms with van der Waals surface area (Å²) in [5.74, 6) is -0.0175. The van der Waals surface area contributed by atoms with Crippen LogP contribution in [0.3, 0.4) is 0 Å². The van der Waals surface area contributed by atoms with Gasteiger partial charge in [0.05, 0.1) is 11.4 Å². The van der Waals surface area contributed by atoms with E-state index in [9.17, 15) is 4.79 Å². The van der Waals surface area contributed by atoms with E-state index in [0.717, 1.165) is 27.5 Å². The van der Waals surface area contributed by atoms with Gasteiger partial charge in [-0.15, -0.1) is 11.3 Å². The normalized spacial score (nSPS) is 10.7. The maximum atomic E-state index is 12.3. The lowest BCUT2D eigenvalue weighted by molar-refractivity contribution is -0.121. The first-order valence-corrected chi connectivity index (χ1v) is 9.64. The maximum Gasteiger partial charge on any atom is 0.240 e. The molecule has 1 amide bonds. The van der Waals surface area contributed by atoms with Crippen molar-refractivity contribution in [2.75, 3.05) is 0 Å². The molecule has 0 atom stereocenters. The van der Waals surface area contributed by atoms with E-state index < -0.39 is 0 Å². The topological polar surface area (TPSA) is 46.9 Å². The van der Waals surface area contributed by atoms with Gasteiger partial charge in [0.1, 0.15) is 11.6 Å². The van der Waals surface area contributed by atoms with Crippen LogP contribution in [0.15, 0.2) is 84.4 Å². The van der Waals surface area contributed by atoms with Gasteiger partial charge in [-0.25, -0.2) is 4.98 Å². The number of thiazole rings is 1. The average molecular weight is 373 g/mol. The minimum Gasteiger partial charge on any atom is -0.350 e. The van der Waals surface area contributed by atoms with Crippen LogP contribution in [0.2, 0.25) is 0 Å². The highest BCUT2D eigenvalue weighted by molar-refractivity contribution is 7.13. The Morgan fingerprint density at radius 2 is 1.70 bits per heavy atom. The van der Waals surface area contributed by atoms with Gasteiger partial charge in [-0.2, -0.15) is 0 Å². The molecule has 0 spiro atoms. The summed E-state index contributed by atoms with van der Waals surface area (Å²) < 4.78 is 1.94. The first kappa shape index (κ1) is 17.2. The number of rotatable bonds is 6. The highest BCUT2D eigenvalue weighted by Crippen LogP contribution is 2.29. The number of aromatic nitrogens is 2. The molecule has 2 heterocycles. The quantitative estimate of drug-likeness (QED) is 0.537. The van der Waals surface area contributed by atoms with Crippen molar-refractivity contribution >= 4 is 17.2 Å². The van der Waals surface area contributed by atoms with Crippen molar-refractivity contribution in [2.45, 2.75) is 13.1 Å². The molecule has 0 aliphatic carbocycles. The van der Waals surface area contributed by atoms with Crippen molar-refractivity contribution in [3.8, 4) is 22.0 Å². The minimum absolute atomic E-state index is 0.0175. The summed E-state index contributed by atoms with van der Waals surface area (Å²) in [7, 11) is 0. The number of hydrogen-bond donors (Lipinski definition) is 1. The second-order valence-electron chi connectivity index (χ2n) is 6.19. The van der Waals surface area contributed by atoms with Gasteiger partial charge in [-0.05, 0) is 17.7 Å². The van der Waals surface area contributed by atoms with Crippen molar-refractivity contribution in [3.05, 3.63) is 89.9 Å². The zero-order chi connectivity index (χ0) is 18.5. The predicted molar refractivity (Wildman–Crippen MR) is 109 cm³/mol. The Hall–Kier alpha value is -3.18. The molecule has 0 saturated carbocycles. The molecule has 0 bridgehead atoms. The molecule has 0 aliphatic rings. The number of benzene rings is 2. The summed E-state index contributed by atoms with van der Waals surface area (Å²) in [4.78, 5) is 17.1. The highest BCUT2D eigenvalue weighted by Gasteiger charge is 2.12. The van der Waals surface area contributed by atoms with E-state index in [1.165, 1.54) is 0 Å². The van der Waals surface area contributed by atoms with Crippen LogP contribution in [0.5, 0.6) is 0 Å². The number of hydrogen-bond acceptors (Lipinski definition) is 3. The Balaban J connectivity index is 1.45. The predicted octanol–water partition coefficient (Wildman–Crippen LogP) is 4.60. The number of nitrogens with zero attached hydrogens (tertiary/aromatic N) is 2. The second kappa shape index (κ2) is 8.01. The summed E-state index contributed by atoms with van der Waals surface area (Å²) in [5.41, 5.74) is 4.10. The Kier molecular flexibility index (Phi) is 5.12. The van der Waals surface area contributed by atoms with Crippen LogP contribution in [0.1, 0.15) is 5.56 Å². The molecule has 4 rings (SSSR count). The van der Waals surface area contributed by atoms with E-state index in [1.54, 1.807) is 11.3 Å². The van der Waals surface area contributed by atoms with Crippen LogP contribution >= 0.6 is 11.3 Å². The van der Waals surface area contributed by atoms with E-state index >= 15 is 0 Å². The fourth-order valence-electron chi connectivity index (χ4n) is 2.89. The van der Waals surface area contributed by atoms with E-state index in [2.05, 4.69) is 22.8 Å². The van der Waals surface area contributed by atoms with Crippen molar-refractivity contribution in [1.82, 2.24) is 14.9 Å². The van der Waals surface area contributed by atoms with E-state index in [-0.39, 0.29) is 12.5 Å². The van der Waals surface area contributed by atoms with Crippen LogP contribution in [0.25, 0.3) is 22.0 Å². The van der Waals surface area contributed by atoms with E-state index in [4.69, 9.17) is 4.98 Å². The Bertz CT molecular complexity index is 1020. The lowest BCUT2D eigenvalue weighted by Crippen LogP contribution is -2.27. The minimum atomic E-state index is -0.0175. The second-order valence-corrected chi connectivity index (χ2v) is 7.05. The molecule has 0 unspecified atom stereocenters. The standard InChI is InChI=1S/C22H19N3OS/c26-21(23-14-17-8-3-1-4-9-17)15-25-13-7-12-20(25)22-24-19(16-27-22)18-10-5-2-6-11-18/h1-13,16H,14-15H2,(H,23,26). The summed E-state index contributed by atoms with van der Waals surface area (Å²) in [6.45, 7) is 0.807. The molecule has 0 fully saturated rings. The van der Waals surface area contributed by atoms with E-state index in [0.29, 0.717) is 6.54 Å².